The Hall–Kier alpha value is -1.01. The van der Waals surface area contributed by atoms with Gasteiger partial charge in [0.15, 0.2) is 5.82 Å². The molecule has 0 radical (unpaired) electrons. The average molecular weight is 213 g/mol. The van der Waals surface area contributed by atoms with Crippen LogP contribution in [0.25, 0.3) is 0 Å². The number of nitrogens with zero attached hydrogens (tertiary/aromatic N) is 4. The van der Waals surface area contributed by atoms with Crippen LogP contribution in [-0.2, 0) is 11.3 Å². The van der Waals surface area contributed by atoms with Crippen molar-refractivity contribution in [1.82, 2.24) is 25.5 Å². The second kappa shape index (κ2) is 6.47. The molecule has 1 atom stereocenters. The smallest absolute Gasteiger partial charge is 0.165 e. The number of rotatable bonds is 7. The molecule has 1 unspecified atom stereocenters. The van der Waals surface area contributed by atoms with E-state index in [0.29, 0.717) is 13.2 Å². The first-order valence-corrected chi connectivity index (χ1v) is 5.26. The van der Waals surface area contributed by atoms with Gasteiger partial charge in [-0.3, -0.25) is 0 Å². The maximum atomic E-state index is 5.07. The van der Waals surface area contributed by atoms with Crippen LogP contribution in [0.5, 0.6) is 0 Å². The molecule has 1 heterocycles. The molecule has 1 N–H and O–H groups in total. The van der Waals surface area contributed by atoms with Gasteiger partial charge in [0.1, 0.15) is 0 Å². The van der Waals surface area contributed by atoms with Crippen LogP contribution in [0.4, 0.5) is 0 Å². The van der Waals surface area contributed by atoms with Crippen molar-refractivity contribution in [1.29, 1.82) is 0 Å². The monoisotopic (exact) mass is 213 g/mol. The molecular formula is C9H19N5O. The Kier molecular flexibility index (Phi) is 5.20. The number of ether oxygens (including phenoxy) is 1. The topological polar surface area (TPSA) is 64.9 Å². The van der Waals surface area contributed by atoms with E-state index in [9.17, 15) is 0 Å². The molecule has 1 rings (SSSR count). The Morgan fingerprint density at radius 1 is 1.53 bits per heavy atom. The van der Waals surface area contributed by atoms with Crippen molar-refractivity contribution in [2.75, 3.05) is 20.3 Å². The number of hydrogen-bond donors (Lipinski definition) is 1. The average Bonchev–Trinajstić information content (AvgIpc) is 2.67. The van der Waals surface area contributed by atoms with Crippen molar-refractivity contribution < 1.29 is 4.74 Å². The predicted octanol–water partition coefficient (Wildman–Crippen LogP) is 0.380. The normalized spacial score (nSPS) is 13.0. The molecule has 6 heteroatoms. The highest BCUT2D eigenvalue weighted by atomic mass is 16.5. The molecule has 1 aromatic heterocycles. The van der Waals surface area contributed by atoms with Gasteiger partial charge in [-0.2, -0.15) is 0 Å². The number of hydrogen-bond acceptors (Lipinski definition) is 5. The molecule has 0 fully saturated rings. The van der Waals surface area contributed by atoms with E-state index >= 15 is 0 Å². The van der Waals surface area contributed by atoms with Gasteiger partial charge in [-0.15, -0.1) is 5.10 Å². The van der Waals surface area contributed by atoms with Crippen LogP contribution >= 0.6 is 0 Å². The zero-order valence-corrected chi connectivity index (χ0v) is 9.60. The summed E-state index contributed by atoms with van der Waals surface area (Å²) in [6.07, 6.45) is 1.11. The molecule has 0 saturated carbocycles. The highest BCUT2D eigenvalue weighted by Gasteiger charge is 2.11. The first kappa shape index (κ1) is 12.1. The summed E-state index contributed by atoms with van der Waals surface area (Å²) in [5, 5.41) is 14.9. The van der Waals surface area contributed by atoms with Gasteiger partial charge in [0.05, 0.1) is 19.2 Å². The molecule has 0 spiro atoms. The van der Waals surface area contributed by atoms with E-state index in [4.69, 9.17) is 4.74 Å². The molecule has 1 aromatic rings. The van der Waals surface area contributed by atoms with Crippen molar-refractivity contribution in [3.05, 3.63) is 5.82 Å². The Balaban J connectivity index is 2.52. The highest BCUT2D eigenvalue weighted by molar-refractivity contribution is 4.82. The second-order valence-corrected chi connectivity index (χ2v) is 3.52. The van der Waals surface area contributed by atoms with Crippen molar-refractivity contribution >= 4 is 0 Å². The number of aromatic nitrogens is 4. The number of nitrogens with one attached hydrogen (secondary N) is 1. The minimum absolute atomic E-state index is 0.170. The zero-order valence-electron chi connectivity index (χ0n) is 9.60. The maximum absolute atomic E-state index is 5.07. The fourth-order valence-electron chi connectivity index (χ4n) is 1.36. The Bertz CT molecular complexity index is 275. The zero-order chi connectivity index (χ0) is 11.1. The number of tetrazole rings is 1. The van der Waals surface area contributed by atoms with E-state index in [1.54, 1.807) is 11.8 Å². The summed E-state index contributed by atoms with van der Waals surface area (Å²) >= 11 is 0. The third-order valence-electron chi connectivity index (χ3n) is 2.10. The van der Waals surface area contributed by atoms with Crippen LogP contribution in [0, 0.1) is 0 Å². The van der Waals surface area contributed by atoms with Crippen molar-refractivity contribution in [3.8, 4) is 0 Å². The first-order valence-electron chi connectivity index (χ1n) is 5.26. The van der Waals surface area contributed by atoms with Gasteiger partial charge in [-0.05, 0) is 30.3 Å². The van der Waals surface area contributed by atoms with Gasteiger partial charge in [-0.25, -0.2) is 4.68 Å². The number of methoxy groups -OCH3 is 1. The fourth-order valence-corrected chi connectivity index (χ4v) is 1.36. The minimum atomic E-state index is 0.170. The Morgan fingerprint density at radius 3 is 3.00 bits per heavy atom. The molecule has 0 aromatic carbocycles. The molecule has 6 nitrogen and oxygen atoms in total. The van der Waals surface area contributed by atoms with Crippen molar-refractivity contribution in [2.45, 2.75) is 32.9 Å². The summed E-state index contributed by atoms with van der Waals surface area (Å²) in [4.78, 5) is 0. The van der Waals surface area contributed by atoms with Crippen LogP contribution in [0.15, 0.2) is 0 Å². The lowest BCUT2D eigenvalue weighted by Crippen LogP contribution is -2.21. The van der Waals surface area contributed by atoms with E-state index in [0.717, 1.165) is 18.8 Å². The third kappa shape index (κ3) is 3.56. The largest absolute Gasteiger partial charge is 0.382 e. The Labute approximate surface area is 90.0 Å². The fraction of sp³-hybridized carbons (Fsp3) is 0.889. The lowest BCUT2D eigenvalue weighted by molar-refractivity contribution is 0.154. The first-order chi connectivity index (χ1) is 7.29. The van der Waals surface area contributed by atoms with Gasteiger partial charge in [-0.1, -0.05) is 6.92 Å². The van der Waals surface area contributed by atoms with Gasteiger partial charge in [0.2, 0.25) is 0 Å². The maximum Gasteiger partial charge on any atom is 0.165 e. The summed E-state index contributed by atoms with van der Waals surface area (Å²) in [6, 6.07) is 0.170. The summed E-state index contributed by atoms with van der Waals surface area (Å²) in [5.41, 5.74) is 0. The second-order valence-electron chi connectivity index (χ2n) is 3.52. The van der Waals surface area contributed by atoms with E-state index in [2.05, 4.69) is 27.8 Å². The van der Waals surface area contributed by atoms with E-state index in [-0.39, 0.29) is 6.04 Å². The molecule has 0 aliphatic heterocycles. The van der Waals surface area contributed by atoms with E-state index < -0.39 is 0 Å². The van der Waals surface area contributed by atoms with Crippen molar-refractivity contribution in [2.24, 2.45) is 0 Å². The van der Waals surface area contributed by atoms with Gasteiger partial charge in [0, 0.05) is 7.11 Å². The van der Waals surface area contributed by atoms with E-state index in [1.807, 2.05) is 6.92 Å². The quantitative estimate of drug-likeness (QED) is 0.663. The standard InChI is InChI=1S/C9H19N5O/c1-4-5-10-6-9-11-12-13-14(9)8(2)7-15-3/h8,10H,4-7H2,1-3H3. The van der Waals surface area contributed by atoms with Gasteiger partial charge in [0.25, 0.3) is 0 Å². The van der Waals surface area contributed by atoms with Crippen LogP contribution in [-0.4, -0.2) is 40.5 Å². The molecule has 15 heavy (non-hydrogen) atoms. The Morgan fingerprint density at radius 2 is 2.33 bits per heavy atom. The minimum Gasteiger partial charge on any atom is -0.382 e. The van der Waals surface area contributed by atoms with Crippen molar-refractivity contribution in [3.63, 3.8) is 0 Å². The van der Waals surface area contributed by atoms with E-state index in [1.165, 1.54) is 0 Å². The molecule has 0 amide bonds. The molecule has 0 aliphatic rings. The van der Waals surface area contributed by atoms with Crippen LogP contribution in [0.3, 0.4) is 0 Å². The molecule has 0 aliphatic carbocycles. The molecule has 0 saturated heterocycles. The van der Waals surface area contributed by atoms with Crippen LogP contribution in [0.1, 0.15) is 32.1 Å². The summed E-state index contributed by atoms with van der Waals surface area (Å²) in [5.74, 6) is 0.855. The molecule has 0 bridgehead atoms. The lowest BCUT2D eigenvalue weighted by Gasteiger charge is -2.12. The highest BCUT2D eigenvalue weighted by Crippen LogP contribution is 2.05. The SMILES string of the molecule is CCCNCc1nnnn1C(C)COC. The molecular weight excluding hydrogens is 194 g/mol. The summed E-state index contributed by atoms with van der Waals surface area (Å²) < 4.78 is 6.87. The third-order valence-corrected chi connectivity index (χ3v) is 2.10. The summed E-state index contributed by atoms with van der Waals surface area (Å²) in [7, 11) is 1.68. The predicted molar refractivity (Wildman–Crippen MR) is 56.4 cm³/mol. The van der Waals surface area contributed by atoms with Crippen LogP contribution < -0.4 is 5.32 Å². The molecule has 86 valence electrons. The lowest BCUT2D eigenvalue weighted by atomic mass is 10.3. The summed E-state index contributed by atoms with van der Waals surface area (Å²) in [6.45, 7) is 6.46. The van der Waals surface area contributed by atoms with Gasteiger partial charge < -0.3 is 10.1 Å². The van der Waals surface area contributed by atoms with Gasteiger partial charge >= 0.3 is 0 Å². The van der Waals surface area contributed by atoms with Crippen LogP contribution in [0.2, 0.25) is 0 Å².